The van der Waals surface area contributed by atoms with E-state index in [1.54, 1.807) is 0 Å². The molecule has 4 heavy (non-hydrogen) atoms. The Morgan fingerprint density at radius 3 is 1.50 bits per heavy atom. The minimum absolute atomic E-state index is 0. The van der Waals surface area contributed by atoms with E-state index in [0.29, 0.717) is 0 Å². The Hall–Kier alpha value is 3.11. The largest absolute Gasteiger partial charge is 2.00 e. The Morgan fingerprint density at radius 1 is 1.50 bits per heavy atom. The first kappa shape index (κ1) is 15.7. The number of hydrogen-bond donors (Lipinski definition) is 0. The van der Waals surface area contributed by atoms with Gasteiger partial charge >= 0.3 is 67.6 Å². The molecule has 17 valence electrons. The van der Waals surface area contributed by atoms with Crippen LogP contribution in [0.2, 0.25) is 0 Å². The maximum absolute atomic E-state index is 8.38. The van der Waals surface area contributed by atoms with E-state index in [2.05, 4.69) is 0 Å². The number of rotatable bonds is 0. The molecule has 0 aliphatic carbocycles. The van der Waals surface area contributed by atoms with Crippen molar-refractivity contribution in [1.82, 2.24) is 0 Å². The fraction of sp³-hybridized carbons (Fsp3) is 0. The fourth-order valence-electron chi connectivity index (χ4n) is 0. The molecule has 0 bridgehead atoms. The van der Waals surface area contributed by atoms with Crippen molar-refractivity contribution in [2.45, 2.75) is 0 Å². The average Bonchev–Trinajstić information content (AvgIpc) is 1.00. The molecule has 0 atom stereocenters. The van der Waals surface area contributed by atoms with Gasteiger partial charge in [0.05, 0.1) is 0 Å². The molecule has 1 nitrogen and oxygen atoms in total. The predicted molar refractivity (Wildman–Crippen MR) is 15.8 cm³/mol. The van der Waals surface area contributed by atoms with Gasteiger partial charge in [-0.3, -0.25) is 0 Å². The molecular formula is H3GaLaOSr. The van der Waals surface area contributed by atoms with E-state index in [0.717, 1.165) is 0 Å². The van der Waals surface area contributed by atoms with Crippen LogP contribution in [-0.2, 0) is 3.54 Å². The predicted octanol–water partition coefficient (Wildman–Crippen LogP) is -0.923. The van der Waals surface area contributed by atoms with E-state index in [4.69, 9.17) is 3.54 Å². The van der Waals surface area contributed by atoms with Gasteiger partial charge in [0.1, 0.15) is 0 Å². The molecule has 4 heteroatoms. The van der Waals surface area contributed by atoms with E-state index in [9.17, 15) is 0 Å². The second-order valence-corrected chi connectivity index (χ2v) is 0. The van der Waals surface area contributed by atoms with Gasteiger partial charge in [-0.25, -0.2) is 0 Å². The molecule has 0 amide bonds. The van der Waals surface area contributed by atoms with E-state index in [-0.39, 0.29) is 102 Å². The van der Waals surface area contributed by atoms with Crippen molar-refractivity contribution in [1.29, 1.82) is 0 Å². The maximum atomic E-state index is 8.38. The number of hydrogen-bond acceptors (Lipinski definition) is 1. The van der Waals surface area contributed by atoms with Crippen LogP contribution in [-0.4, -0.2) is 64.0 Å². The quantitative estimate of drug-likeness (QED) is 0.528. The summed E-state index contributed by atoms with van der Waals surface area (Å²) in [5.74, 6) is 0. The van der Waals surface area contributed by atoms with Crippen molar-refractivity contribution in [3.05, 3.63) is 0 Å². The van der Waals surface area contributed by atoms with Gasteiger partial charge in [-0.2, -0.15) is 0 Å². The van der Waals surface area contributed by atoms with Gasteiger partial charge in [-0.1, -0.05) is 0 Å². The molecular weight excluding hydrogens is 312 g/mol. The monoisotopic (exact) mass is 315 g/mol. The van der Waals surface area contributed by atoms with Crippen molar-refractivity contribution < 1.29 is 42.0 Å². The van der Waals surface area contributed by atoms with Crippen molar-refractivity contribution in [2.24, 2.45) is 0 Å². The SMILES string of the molecule is [H-].[H-].[La].[O]=[GaH].[Sr+2]. The minimum atomic E-state index is 0. The van der Waals surface area contributed by atoms with Crippen LogP contribution in [0.3, 0.4) is 0 Å². The molecule has 1 radical (unpaired) electrons. The van der Waals surface area contributed by atoms with Crippen LogP contribution in [0.4, 0.5) is 0 Å². The van der Waals surface area contributed by atoms with Crippen molar-refractivity contribution in [3.63, 3.8) is 0 Å². The molecule has 0 N–H and O–H groups in total. The van der Waals surface area contributed by atoms with Crippen LogP contribution in [0.15, 0.2) is 0 Å². The minimum Gasteiger partial charge on any atom is 2.00 e. The molecule has 0 spiro atoms. The van der Waals surface area contributed by atoms with Crippen LogP contribution in [0.1, 0.15) is 2.85 Å². The third-order valence-corrected chi connectivity index (χ3v) is 0. The summed E-state index contributed by atoms with van der Waals surface area (Å²) in [6.07, 6.45) is 0. The molecule has 0 heterocycles. The van der Waals surface area contributed by atoms with Crippen molar-refractivity contribution >= 4 is 64.0 Å². The Bertz CT molecular complexity index is 13.5. The molecule has 0 fully saturated rings. The van der Waals surface area contributed by atoms with Gasteiger partial charge in [-0.15, -0.1) is 0 Å². The van der Waals surface area contributed by atoms with Crippen LogP contribution >= 0.6 is 0 Å². The molecule has 0 aromatic heterocycles. The zero-order chi connectivity index (χ0) is 2.00. The average molecular weight is 315 g/mol. The van der Waals surface area contributed by atoms with Crippen LogP contribution < -0.4 is 0 Å². The summed E-state index contributed by atoms with van der Waals surface area (Å²) in [4.78, 5) is 0. The van der Waals surface area contributed by atoms with E-state index < -0.39 is 0 Å². The zero-order valence-corrected chi connectivity index (χ0v) is 12.5. The van der Waals surface area contributed by atoms with Crippen molar-refractivity contribution in [3.8, 4) is 0 Å². The Kier molecular flexibility index (Phi) is 64.8. The summed E-state index contributed by atoms with van der Waals surface area (Å²) in [6.45, 7) is 0. The topological polar surface area (TPSA) is 17.1 Å². The second kappa shape index (κ2) is 16.5. The third-order valence-electron chi connectivity index (χ3n) is 0. The fourth-order valence-corrected chi connectivity index (χ4v) is 0. The standard InChI is InChI=1S/Ga.La.O.Sr.3H/q;;;+2;;2*-1. The van der Waals surface area contributed by atoms with Crippen molar-refractivity contribution in [2.75, 3.05) is 0 Å². The van der Waals surface area contributed by atoms with Gasteiger partial charge in [0.25, 0.3) is 0 Å². The smallest absolute Gasteiger partial charge is 2.00 e. The van der Waals surface area contributed by atoms with E-state index >= 15 is 0 Å². The molecule has 0 saturated heterocycles. The van der Waals surface area contributed by atoms with Crippen LogP contribution in [0, 0.1) is 35.6 Å². The molecule has 0 saturated carbocycles. The molecule has 0 aromatic carbocycles. The Balaban J connectivity index is -0.000000000833. The zero-order valence-electron chi connectivity index (χ0n) is 4.40. The normalized spacial score (nSPS) is 0.750. The Morgan fingerprint density at radius 2 is 1.50 bits per heavy atom. The summed E-state index contributed by atoms with van der Waals surface area (Å²) < 4.78 is 8.38. The molecule has 0 unspecified atom stereocenters. The summed E-state index contributed by atoms with van der Waals surface area (Å²) in [5, 5.41) is 0. The molecule has 0 aliphatic heterocycles. The molecule has 0 aliphatic rings. The summed E-state index contributed by atoms with van der Waals surface area (Å²) in [5.41, 5.74) is 0. The van der Waals surface area contributed by atoms with Gasteiger partial charge in [0.2, 0.25) is 0 Å². The summed E-state index contributed by atoms with van der Waals surface area (Å²) in [6, 6.07) is 0. The first-order valence-electron chi connectivity index (χ1n) is 0.289. The third kappa shape index (κ3) is 8.93. The first-order valence-corrected chi connectivity index (χ1v) is 1.50. The van der Waals surface area contributed by atoms with Gasteiger partial charge < -0.3 is 2.85 Å². The first-order chi connectivity index (χ1) is 1.00. The molecule has 0 aromatic rings. The van der Waals surface area contributed by atoms with E-state index in [1.165, 1.54) is 0 Å². The van der Waals surface area contributed by atoms with Gasteiger partial charge in [0, 0.05) is 35.6 Å². The van der Waals surface area contributed by atoms with Crippen LogP contribution in [0.25, 0.3) is 0 Å². The van der Waals surface area contributed by atoms with Gasteiger partial charge in [-0.05, 0) is 0 Å². The summed E-state index contributed by atoms with van der Waals surface area (Å²) in [7, 11) is 0. The Labute approximate surface area is 103 Å². The van der Waals surface area contributed by atoms with Crippen LogP contribution in [0.5, 0.6) is 0 Å². The summed E-state index contributed by atoms with van der Waals surface area (Å²) >= 11 is 0.125. The van der Waals surface area contributed by atoms with E-state index in [1.807, 2.05) is 0 Å². The maximum Gasteiger partial charge on any atom is 2.00 e. The molecule has 0 rings (SSSR count). The van der Waals surface area contributed by atoms with Gasteiger partial charge in [0.15, 0.2) is 0 Å². The second-order valence-electron chi connectivity index (χ2n) is 0.